The van der Waals surface area contributed by atoms with E-state index in [4.69, 9.17) is 22.8 Å². The highest BCUT2D eigenvalue weighted by molar-refractivity contribution is 6.35. The van der Waals surface area contributed by atoms with E-state index in [1.807, 2.05) is 0 Å². The minimum Gasteiger partial charge on any atom is -0.508 e. The second-order valence-corrected chi connectivity index (χ2v) is 14.9. The number of likely N-dealkylation sites (tertiary alicyclic amines) is 1. The number of terminal acetylenes is 1. The van der Waals surface area contributed by atoms with Crippen molar-refractivity contribution < 1.29 is 41.0 Å². The SMILES string of the molecule is C#Cc1c(F)ccc2cc(O)cc(-c3nc(Cl)c4c(N5CC6CCC(C5)N6C(=O)C(F)(F)F)nc(OCC5(CN6CCC(F)CC6)CC5)nc4c3F)c12. The van der Waals surface area contributed by atoms with Gasteiger partial charge in [-0.3, -0.25) is 4.79 Å². The number of rotatable bonds is 7. The van der Waals surface area contributed by atoms with Gasteiger partial charge >= 0.3 is 18.1 Å². The van der Waals surface area contributed by atoms with E-state index in [2.05, 4.69) is 25.8 Å². The van der Waals surface area contributed by atoms with Crippen molar-refractivity contribution in [1.82, 2.24) is 24.8 Å². The number of piperidine rings is 1. The molecule has 2 bridgehead atoms. The van der Waals surface area contributed by atoms with Gasteiger partial charge in [-0.2, -0.15) is 23.1 Å². The van der Waals surface area contributed by atoms with Crippen LogP contribution in [-0.4, -0.2) is 99.5 Å². The van der Waals surface area contributed by atoms with Crippen LogP contribution in [0.5, 0.6) is 11.8 Å². The van der Waals surface area contributed by atoms with Crippen molar-refractivity contribution in [2.45, 2.75) is 63.0 Å². The molecule has 4 fully saturated rings. The van der Waals surface area contributed by atoms with E-state index < -0.39 is 47.7 Å². The second-order valence-electron chi connectivity index (χ2n) is 14.5. The van der Waals surface area contributed by atoms with Gasteiger partial charge in [-0.1, -0.05) is 23.6 Å². The van der Waals surface area contributed by atoms with Crippen LogP contribution < -0.4 is 9.64 Å². The van der Waals surface area contributed by atoms with Crippen LogP contribution in [0, 0.1) is 29.4 Å². The topological polar surface area (TPSA) is 94.9 Å². The highest BCUT2D eigenvalue weighted by Crippen LogP contribution is 2.48. The van der Waals surface area contributed by atoms with Crippen molar-refractivity contribution in [3.05, 3.63) is 46.6 Å². The Bertz CT molecular complexity index is 2170. The van der Waals surface area contributed by atoms with E-state index in [9.17, 15) is 31.9 Å². The van der Waals surface area contributed by atoms with Crippen molar-refractivity contribution in [3.8, 4) is 35.4 Å². The molecular weight excluding hydrogens is 726 g/mol. The Kier molecular flexibility index (Phi) is 8.76. The number of aromatic hydroxyl groups is 1. The van der Waals surface area contributed by atoms with E-state index in [0.29, 0.717) is 50.7 Å². The van der Waals surface area contributed by atoms with Gasteiger partial charge in [0.15, 0.2) is 5.82 Å². The van der Waals surface area contributed by atoms with Crippen LogP contribution >= 0.6 is 11.6 Å². The lowest BCUT2D eigenvalue weighted by Crippen LogP contribution is -2.59. The average Bonchev–Trinajstić information content (AvgIpc) is 3.84. The van der Waals surface area contributed by atoms with E-state index in [0.717, 1.165) is 23.8 Å². The van der Waals surface area contributed by atoms with Gasteiger partial charge in [0.1, 0.15) is 39.9 Å². The predicted octanol–water partition coefficient (Wildman–Crippen LogP) is 6.80. The van der Waals surface area contributed by atoms with Gasteiger partial charge in [0.2, 0.25) is 0 Å². The highest BCUT2D eigenvalue weighted by atomic mass is 35.5. The van der Waals surface area contributed by atoms with Gasteiger partial charge in [0, 0.05) is 49.1 Å². The molecule has 53 heavy (non-hydrogen) atoms. The number of aromatic nitrogens is 3. The standard InChI is InChI=1S/C37H33ClF6N6O3/c1-2-24-26(40)6-3-19-13-23(51)14-25(27(19)24)30-29(41)31-28(32(38)45-30)33(49-15-21-4-5-22(16-49)50(21)34(52)37(42,43)44)47-35(46-31)53-18-36(9-10-36)17-48-11-7-20(39)8-12-48/h1,3,6,13-14,20-22,51H,4-5,7-12,15-18H2. The summed E-state index contributed by atoms with van der Waals surface area (Å²) in [6.07, 6.45) is 3.03. The van der Waals surface area contributed by atoms with Gasteiger partial charge in [0.25, 0.3) is 0 Å². The van der Waals surface area contributed by atoms with Crippen molar-refractivity contribution in [3.63, 3.8) is 0 Å². The van der Waals surface area contributed by atoms with Crippen LogP contribution in [0.15, 0.2) is 24.3 Å². The van der Waals surface area contributed by atoms with E-state index in [1.165, 1.54) is 18.2 Å². The predicted molar refractivity (Wildman–Crippen MR) is 184 cm³/mol. The summed E-state index contributed by atoms with van der Waals surface area (Å²) < 4.78 is 92.5. The smallest absolute Gasteiger partial charge is 0.471 e. The molecule has 1 N–H and O–H groups in total. The minimum absolute atomic E-state index is 0.0432. The molecule has 16 heteroatoms. The first-order chi connectivity index (χ1) is 25.2. The quantitative estimate of drug-likeness (QED) is 0.125. The van der Waals surface area contributed by atoms with Gasteiger partial charge in [-0.15, -0.1) is 6.42 Å². The van der Waals surface area contributed by atoms with Gasteiger partial charge in [0.05, 0.1) is 29.6 Å². The number of amides is 1. The lowest BCUT2D eigenvalue weighted by molar-refractivity contribution is -0.188. The largest absolute Gasteiger partial charge is 0.508 e. The van der Waals surface area contributed by atoms with E-state index in [-0.39, 0.29) is 75.3 Å². The summed E-state index contributed by atoms with van der Waals surface area (Å²) in [6.45, 7) is 1.98. The molecule has 278 valence electrons. The Morgan fingerprint density at radius 1 is 1.04 bits per heavy atom. The number of carbonyl (C=O) groups is 1. The third-order valence-electron chi connectivity index (χ3n) is 11.0. The summed E-state index contributed by atoms with van der Waals surface area (Å²) in [5, 5.41) is 10.7. The van der Waals surface area contributed by atoms with Gasteiger partial charge in [-0.05, 0) is 62.1 Å². The number of hydrogen-bond acceptors (Lipinski definition) is 8. The second kappa shape index (κ2) is 13.1. The summed E-state index contributed by atoms with van der Waals surface area (Å²) >= 11 is 6.81. The third-order valence-corrected chi connectivity index (χ3v) is 11.2. The van der Waals surface area contributed by atoms with Crippen molar-refractivity contribution >= 4 is 45.0 Å². The number of carbonyl (C=O) groups excluding carboxylic acids is 1. The first-order valence-electron chi connectivity index (χ1n) is 17.4. The molecule has 2 aromatic carbocycles. The van der Waals surface area contributed by atoms with Crippen LogP contribution in [0.25, 0.3) is 32.9 Å². The molecule has 9 nitrogen and oxygen atoms in total. The van der Waals surface area contributed by atoms with Crippen LogP contribution in [0.1, 0.15) is 44.1 Å². The summed E-state index contributed by atoms with van der Waals surface area (Å²) in [5.41, 5.74) is -1.21. The summed E-state index contributed by atoms with van der Waals surface area (Å²) in [4.78, 5) is 30.5. The summed E-state index contributed by atoms with van der Waals surface area (Å²) in [6, 6.07) is 3.23. The molecular formula is C37H33ClF6N6O3. The number of benzene rings is 2. The third kappa shape index (κ3) is 6.43. The zero-order chi connectivity index (χ0) is 37.4. The van der Waals surface area contributed by atoms with Crippen molar-refractivity contribution in [2.24, 2.45) is 5.41 Å². The minimum atomic E-state index is -5.04. The zero-order valence-electron chi connectivity index (χ0n) is 28.2. The lowest BCUT2D eigenvalue weighted by atomic mass is 9.95. The zero-order valence-corrected chi connectivity index (χ0v) is 29.0. The number of phenolic OH excluding ortho intramolecular Hbond substituents is 1. The first-order valence-corrected chi connectivity index (χ1v) is 17.8. The monoisotopic (exact) mass is 758 g/mol. The molecule has 4 aromatic rings. The number of nitrogens with zero attached hydrogens (tertiary/aromatic N) is 6. The van der Waals surface area contributed by atoms with Crippen LogP contribution in [0.2, 0.25) is 5.15 Å². The molecule has 4 aliphatic rings. The molecule has 2 aromatic heterocycles. The Hall–Kier alpha value is -4.55. The number of pyridine rings is 1. The molecule has 1 saturated carbocycles. The fraction of sp³-hybridized carbons (Fsp3) is 0.459. The van der Waals surface area contributed by atoms with Crippen LogP contribution in [0.4, 0.5) is 32.2 Å². The molecule has 8 rings (SSSR count). The Morgan fingerprint density at radius 3 is 2.38 bits per heavy atom. The number of piperazine rings is 1. The number of fused-ring (bicyclic) bond motifs is 4. The van der Waals surface area contributed by atoms with Crippen LogP contribution in [-0.2, 0) is 4.79 Å². The maximum Gasteiger partial charge on any atom is 0.471 e. The number of hydrogen-bond donors (Lipinski definition) is 1. The lowest BCUT2D eigenvalue weighted by Gasteiger charge is -2.42. The van der Waals surface area contributed by atoms with Gasteiger partial charge in [-0.25, -0.2) is 18.2 Å². The number of phenols is 1. The first kappa shape index (κ1) is 35.5. The highest BCUT2D eigenvalue weighted by Gasteiger charge is 2.52. The fourth-order valence-electron chi connectivity index (χ4n) is 8.15. The normalized spacial score (nSPS) is 21.7. The Labute approximate surface area is 304 Å². The molecule has 2 unspecified atom stereocenters. The molecule has 3 saturated heterocycles. The number of anilines is 1. The average molecular weight is 759 g/mol. The summed E-state index contributed by atoms with van der Waals surface area (Å²) in [5.74, 6) is -1.60. The molecule has 1 aliphatic carbocycles. The number of halogens is 7. The Morgan fingerprint density at radius 2 is 1.74 bits per heavy atom. The van der Waals surface area contributed by atoms with Gasteiger partial charge < -0.3 is 24.5 Å². The molecule has 0 spiro atoms. The molecule has 3 aliphatic heterocycles. The molecule has 0 radical (unpaired) electrons. The van der Waals surface area contributed by atoms with E-state index in [1.54, 1.807) is 4.90 Å². The molecule has 5 heterocycles. The maximum atomic E-state index is 17.0. The van der Waals surface area contributed by atoms with Crippen molar-refractivity contribution in [1.29, 1.82) is 0 Å². The molecule has 1 amide bonds. The van der Waals surface area contributed by atoms with Crippen LogP contribution in [0.3, 0.4) is 0 Å². The van der Waals surface area contributed by atoms with Crippen molar-refractivity contribution in [2.75, 3.05) is 44.2 Å². The maximum absolute atomic E-state index is 17.0. The Balaban J connectivity index is 1.22. The van der Waals surface area contributed by atoms with E-state index >= 15 is 4.39 Å². The summed E-state index contributed by atoms with van der Waals surface area (Å²) in [7, 11) is 0. The number of alkyl halides is 4. The number of ether oxygens (including phenoxy) is 1. The molecule has 2 atom stereocenters. The fourth-order valence-corrected chi connectivity index (χ4v) is 8.41.